The molecule has 0 amide bonds. The third kappa shape index (κ3) is 3.16. The van der Waals surface area contributed by atoms with Crippen LogP contribution in [-0.2, 0) is 0 Å². The molecular weight excluding hydrogens is 188 g/mol. The summed E-state index contributed by atoms with van der Waals surface area (Å²) in [6.07, 6.45) is 7.17. The van der Waals surface area contributed by atoms with E-state index in [0.29, 0.717) is 6.61 Å². The average Bonchev–Trinajstić information content (AvgIpc) is 2.74. The first-order valence-corrected chi connectivity index (χ1v) is 6.35. The summed E-state index contributed by atoms with van der Waals surface area (Å²) in [4.78, 5) is 2.52. The predicted molar refractivity (Wildman–Crippen MR) is 63.8 cm³/mol. The van der Waals surface area contributed by atoms with Gasteiger partial charge in [-0.3, -0.25) is 4.90 Å². The molecule has 0 aromatic heterocycles. The molecule has 0 saturated heterocycles. The molecule has 1 fully saturated rings. The molecule has 3 heteroatoms. The highest BCUT2D eigenvalue weighted by atomic mass is 16.3. The van der Waals surface area contributed by atoms with Crippen molar-refractivity contribution in [3.8, 4) is 0 Å². The summed E-state index contributed by atoms with van der Waals surface area (Å²) in [6.45, 7) is 5.41. The molecule has 0 heterocycles. The van der Waals surface area contributed by atoms with E-state index in [1.54, 1.807) is 0 Å². The van der Waals surface area contributed by atoms with Gasteiger partial charge in [-0.1, -0.05) is 19.8 Å². The number of nitrogens with two attached hydrogens (primary N) is 1. The lowest BCUT2D eigenvalue weighted by Crippen LogP contribution is -2.52. The van der Waals surface area contributed by atoms with Crippen molar-refractivity contribution in [1.29, 1.82) is 0 Å². The van der Waals surface area contributed by atoms with E-state index in [1.807, 2.05) is 0 Å². The molecule has 0 unspecified atom stereocenters. The van der Waals surface area contributed by atoms with Crippen LogP contribution in [0.4, 0.5) is 0 Å². The fourth-order valence-corrected chi connectivity index (χ4v) is 2.80. The van der Waals surface area contributed by atoms with Crippen molar-refractivity contribution < 1.29 is 5.11 Å². The highest BCUT2D eigenvalue weighted by Crippen LogP contribution is 2.34. The van der Waals surface area contributed by atoms with Gasteiger partial charge in [0.1, 0.15) is 0 Å². The van der Waals surface area contributed by atoms with Crippen LogP contribution in [-0.4, -0.2) is 41.8 Å². The number of hydrogen-bond acceptors (Lipinski definition) is 3. The SMILES string of the molecule is CCCN(CCCO)C1(CN)CCCC1. The van der Waals surface area contributed by atoms with Crippen molar-refractivity contribution in [2.75, 3.05) is 26.2 Å². The van der Waals surface area contributed by atoms with E-state index in [2.05, 4.69) is 11.8 Å². The molecule has 0 atom stereocenters. The van der Waals surface area contributed by atoms with Gasteiger partial charge in [0.2, 0.25) is 0 Å². The summed E-state index contributed by atoms with van der Waals surface area (Å²) in [5, 5.41) is 8.92. The fourth-order valence-electron chi connectivity index (χ4n) is 2.80. The molecule has 1 rings (SSSR count). The van der Waals surface area contributed by atoms with Crippen molar-refractivity contribution in [1.82, 2.24) is 4.90 Å². The first-order chi connectivity index (χ1) is 7.29. The highest BCUT2D eigenvalue weighted by Gasteiger charge is 2.37. The van der Waals surface area contributed by atoms with E-state index in [1.165, 1.54) is 32.1 Å². The minimum atomic E-state index is 0.255. The van der Waals surface area contributed by atoms with E-state index in [9.17, 15) is 0 Å². The molecule has 0 aromatic carbocycles. The smallest absolute Gasteiger partial charge is 0.0443 e. The Labute approximate surface area is 93.6 Å². The average molecular weight is 214 g/mol. The van der Waals surface area contributed by atoms with Crippen LogP contribution in [0.1, 0.15) is 45.4 Å². The molecule has 3 nitrogen and oxygen atoms in total. The monoisotopic (exact) mass is 214 g/mol. The third-order valence-corrected chi connectivity index (χ3v) is 3.66. The zero-order valence-corrected chi connectivity index (χ0v) is 10.0. The number of aliphatic hydroxyl groups excluding tert-OH is 1. The standard InChI is InChI=1S/C12H26N2O/c1-2-8-14(9-5-10-15)12(11-13)6-3-4-7-12/h15H,2-11,13H2,1H3. The summed E-state index contributed by atoms with van der Waals surface area (Å²) in [5.74, 6) is 0. The van der Waals surface area contributed by atoms with Gasteiger partial charge in [0, 0.05) is 25.2 Å². The van der Waals surface area contributed by atoms with Gasteiger partial charge in [-0.15, -0.1) is 0 Å². The first-order valence-electron chi connectivity index (χ1n) is 6.35. The topological polar surface area (TPSA) is 49.5 Å². The van der Waals surface area contributed by atoms with E-state index in [4.69, 9.17) is 10.8 Å². The summed E-state index contributed by atoms with van der Waals surface area (Å²) in [5.41, 5.74) is 6.22. The lowest BCUT2D eigenvalue weighted by Gasteiger charge is -2.40. The summed E-state index contributed by atoms with van der Waals surface area (Å²) in [6, 6.07) is 0. The van der Waals surface area contributed by atoms with Crippen molar-refractivity contribution in [2.45, 2.75) is 51.0 Å². The Hall–Kier alpha value is -0.120. The first kappa shape index (κ1) is 12.9. The van der Waals surface area contributed by atoms with Gasteiger partial charge in [0.15, 0.2) is 0 Å². The summed E-state index contributed by atoms with van der Waals surface area (Å²) >= 11 is 0. The van der Waals surface area contributed by atoms with Crippen LogP contribution in [0.5, 0.6) is 0 Å². The van der Waals surface area contributed by atoms with Crippen molar-refractivity contribution in [3.05, 3.63) is 0 Å². The van der Waals surface area contributed by atoms with Crippen LogP contribution in [0, 0.1) is 0 Å². The predicted octanol–water partition coefficient (Wildman–Crippen LogP) is 1.35. The lowest BCUT2D eigenvalue weighted by molar-refractivity contribution is 0.0898. The lowest BCUT2D eigenvalue weighted by atomic mass is 9.94. The van der Waals surface area contributed by atoms with Crippen LogP contribution in [0.15, 0.2) is 0 Å². The Kier molecular flexibility index (Phi) is 5.58. The number of nitrogens with zero attached hydrogens (tertiary/aromatic N) is 1. The molecule has 0 spiro atoms. The highest BCUT2D eigenvalue weighted by molar-refractivity contribution is 4.95. The van der Waals surface area contributed by atoms with Crippen LogP contribution in [0.2, 0.25) is 0 Å². The molecule has 1 aliphatic carbocycles. The second kappa shape index (κ2) is 6.46. The second-order valence-corrected chi connectivity index (χ2v) is 4.70. The van der Waals surface area contributed by atoms with Gasteiger partial charge in [-0.25, -0.2) is 0 Å². The Balaban J connectivity index is 2.57. The Bertz CT molecular complexity index is 167. The maximum Gasteiger partial charge on any atom is 0.0443 e. The molecule has 0 radical (unpaired) electrons. The minimum absolute atomic E-state index is 0.255. The molecule has 0 aliphatic heterocycles. The van der Waals surface area contributed by atoms with Gasteiger partial charge >= 0.3 is 0 Å². The normalized spacial score (nSPS) is 20.0. The van der Waals surface area contributed by atoms with E-state index >= 15 is 0 Å². The van der Waals surface area contributed by atoms with Gasteiger partial charge in [0.05, 0.1) is 0 Å². The molecule has 0 aromatic rings. The Morgan fingerprint density at radius 2 is 1.93 bits per heavy atom. The van der Waals surface area contributed by atoms with Crippen molar-refractivity contribution >= 4 is 0 Å². The number of hydrogen-bond donors (Lipinski definition) is 2. The van der Waals surface area contributed by atoms with E-state index in [0.717, 1.165) is 26.1 Å². The van der Waals surface area contributed by atoms with E-state index < -0.39 is 0 Å². The zero-order chi connectivity index (χ0) is 11.1. The molecule has 0 bridgehead atoms. The summed E-state index contributed by atoms with van der Waals surface area (Å²) in [7, 11) is 0. The fraction of sp³-hybridized carbons (Fsp3) is 1.00. The number of rotatable bonds is 7. The third-order valence-electron chi connectivity index (χ3n) is 3.66. The van der Waals surface area contributed by atoms with Gasteiger partial charge in [0.25, 0.3) is 0 Å². The number of aliphatic hydroxyl groups is 1. The molecular formula is C12H26N2O. The van der Waals surface area contributed by atoms with Gasteiger partial charge in [-0.2, -0.15) is 0 Å². The van der Waals surface area contributed by atoms with Crippen molar-refractivity contribution in [2.24, 2.45) is 5.73 Å². The van der Waals surface area contributed by atoms with Crippen LogP contribution < -0.4 is 5.73 Å². The Morgan fingerprint density at radius 1 is 1.27 bits per heavy atom. The minimum Gasteiger partial charge on any atom is -0.396 e. The quantitative estimate of drug-likeness (QED) is 0.672. The Morgan fingerprint density at radius 3 is 2.40 bits per heavy atom. The van der Waals surface area contributed by atoms with Gasteiger partial charge in [-0.05, 0) is 32.2 Å². The second-order valence-electron chi connectivity index (χ2n) is 4.70. The van der Waals surface area contributed by atoms with Crippen LogP contribution in [0.3, 0.4) is 0 Å². The molecule has 90 valence electrons. The summed E-state index contributed by atoms with van der Waals surface area (Å²) < 4.78 is 0. The van der Waals surface area contributed by atoms with Crippen LogP contribution >= 0.6 is 0 Å². The van der Waals surface area contributed by atoms with E-state index in [-0.39, 0.29) is 5.54 Å². The maximum absolute atomic E-state index is 8.92. The molecule has 1 aliphatic rings. The molecule has 1 saturated carbocycles. The van der Waals surface area contributed by atoms with Gasteiger partial charge < -0.3 is 10.8 Å². The largest absolute Gasteiger partial charge is 0.396 e. The zero-order valence-electron chi connectivity index (χ0n) is 10.0. The van der Waals surface area contributed by atoms with Crippen LogP contribution in [0.25, 0.3) is 0 Å². The van der Waals surface area contributed by atoms with Crippen molar-refractivity contribution in [3.63, 3.8) is 0 Å². The molecule has 3 N–H and O–H groups in total. The maximum atomic E-state index is 8.92. The molecule has 15 heavy (non-hydrogen) atoms.